The molecule has 0 aromatic heterocycles. The van der Waals surface area contributed by atoms with Crippen LogP contribution >= 0.6 is 11.6 Å². The molecule has 1 N–H and O–H groups in total. The van der Waals surface area contributed by atoms with Crippen LogP contribution in [-0.4, -0.2) is 29.4 Å². The number of hydrogen-bond donors (Lipinski definition) is 1. The van der Waals surface area contributed by atoms with Gasteiger partial charge in [-0.1, -0.05) is 73.9 Å². The molecule has 0 unspecified atom stereocenters. The lowest BCUT2D eigenvalue weighted by Crippen LogP contribution is -2.49. The molecular formula is C32H32ClNO4. The van der Waals surface area contributed by atoms with Crippen molar-refractivity contribution in [1.82, 2.24) is 0 Å². The molecule has 0 bridgehead atoms. The number of methoxy groups -OCH3 is 1. The fraction of sp³-hybridized carbons (Fsp3) is 0.250. The van der Waals surface area contributed by atoms with Crippen molar-refractivity contribution in [2.75, 3.05) is 12.0 Å². The van der Waals surface area contributed by atoms with Crippen molar-refractivity contribution in [3.8, 4) is 16.9 Å². The number of carbonyl (C=O) groups excluding carboxylic acids is 2. The Morgan fingerprint density at radius 2 is 1.68 bits per heavy atom. The number of fused-ring (bicyclic) bond motifs is 1. The summed E-state index contributed by atoms with van der Waals surface area (Å²) in [4.78, 5) is 27.6. The van der Waals surface area contributed by atoms with Gasteiger partial charge in [0.1, 0.15) is 5.75 Å². The fourth-order valence-electron chi connectivity index (χ4n) is 4.42. The standard InChI is InChI=1S/C32H32ClNO4/c1-6-20(2)17-21(3)7-12-25-18-27-28(30(35)32(4,37)31(36)29(27)33)19-34(25)24-13-8-22(9-14-24)23-10-15-26(38-5)16-11-23/h7-20,37H,6H2,1-5H3/b12-7+,21-17+/t20-,32+/m0/s1. The lowest BCUT2D eigenvalue weighted by atomic mass is 9.79. The second-order valence-electron chi connectivity index (χ2n) is 9.85. The normalized spacial score (nSPS) is 20.9. The zero-order valence-electron chi connectivity index (χ0n) is 22.3. The Labute approximate surface area is 229 Å². The molecule has 0 spiro atoms. The van der Waals surface area contributed by atoms with Gasteiger partial charge in [-0.15, -0.1) is 0 Å². The molecule has 2 atom stereocenters. The maximum Gasteiger partial charge on any atom is 0.214 e. The van der Waals surface area contributed by atoms with E-state index in [9.17, 15) is 14.7 Å². The van der Waals surface area contributed by atoms with Gasteiger partial charge in [0.25, 0.3) is 0 Å². The Balaban J connectivity index is 1.77. The molecule has 0 radical (unpaired) electrons. The van der Waals surface area contributed by atoms with E-state index in [1.54, 1.807) is 19.4 Å². The van der Waals surface area contributed by atoms with Crippen molar-refractivity contribution in [2.45, 2.75) is 39.7 Å². The number of hydrogen-bond acceptors (Lipinski definition) is 5. The van der Waals surface area contributed by atoms with E-state index in [4.69, 9.17) is 16.3 Å². The molecule has 6 heteroatoms. The van der Waals surface area contributed by atoms with E-state index in [-0.39, 0.29) is 10.6 Å². The maximum absolute atomic E-state index is 13.1. The first-order chi connectivity index (χ1) is 18.1. The third-order valence-electron chi connectivity index (χ3n) is 6.96. The van der Waals surface area contributed by atoms with E-state index >= 15 is 0 Å². The molecule has 2 aromatic rings. The molecule has 0 saturated heterocycles. The number of rotatable bonds is 7. The van der Waals surface area contributed by atoms with Crippen LogP contribution in [0.3, 0.4) is 0 Å². The van der Waals surface area contributed by atoms with E-state index in [0.717, 1.165) is 40.3 Å². The summed E-state index contributed by atoms with van der Waals surface area (Å²) >= 11 is 6.38. The molecule has 38 heavy (non-hydrogen) atoms. The van der Waals surface area contributed by atoms with Gasteiger partial charge >= 0.3 is 0 Å². The Morgan fingerprint density at radius 1 is 1.08 bits per heavy atom. The molecule has 196 valence electrons. The van der Waals surface area contributed by atoms with Crippen LogP contribution in [0.5, 0.6) is 5.75 Å². The van der Waals surface area contributed by atoms with Crippen LogP contribution in [0.1, 0.15) is 34.1 Å². The van der Waals surface area contributed by atoms with Gasteiger partial charge < -0.3 is 14.7 Å². The number of benzene rings is 2. The lowest BCUT2D eigenvalue weighted by molar-refractivity contribution is -0.144. The largest absolute Gasteiger partial charge is 0.497 e. The minimum atomic E-state index is -2.20. The summed E-state index contributed by atoms with van der Waals surface area (Å²) in [7, 11) is 1.64. The first-order valence-electron chi connectivity index (χ1n) is 12.6. The highest BCUT2D eigenvalue weighted by Crippen LogP contribution is 2.39. The first-order valence-corrected chi connectivity index (χ1v) is 13.0. The highest BCUT2D eigenvalue weighted by atomic mass is 35.5. The average molecular weight is 530 g/mol. The first kappa shape index (κ1) is 27.4. The number of carbonyl (C=O) groups is 2. The van der Waals surface area contributed by atoms with Crippen LogP contribution in [0.2, 0.25) is 0 Å². The predicted octanol–water partition coefficient (Wildman–Crippen LogP) is 6.89. The van der Waals surface area contributed by atoms with Crippen molar-refractivity contribution in [3.63, 3.8) is 0 Å². The van der Waals surface area contributed by atoms with E-state index in [1.807, 2.05) is 72.5 Å². The third-order valence-corrected chi connectivity index (χ3v) is 7.34. The van der Waals surface area contributed by atoms with Crippen molar-refractivity contribution in [1.29, 1.82) is 0 Å². The number of aliphatic hydroxyl groups is 1. The van der Waals surface area contributed by atoms with Crippen molar-refractivity contribution in [3.05, 3.63) is 106 Å². The highest BCUT2D eigenvalue weighted by Gasteiger charge is 2.48. The van der Waals surface area contributed by atoms with Crippen molar-refractivity contribution >= 4 is 28.9 Å². The molecule has 2 aromatic carbocycles. The second-order valence-corrected chi connectivity index (χ2v) is 10.2. The van der Waals surface area contributed by atoms with Crippen molar-refractivity contribution in [2.24, 2.45) is 5.92 Å². The lowest BCUT2D eigenvalue weighted by Gasteiger charge is -2.34. The molecule has 1 aliphatic carbocycles. The third kappa shape index (κ3) is 5.31. The van der Waals surface area contributed by atoms with Gasteiger partial charge in [-0.05, 0) is 67.3 Å². The Hall–Kier alpha value is -3.67. The number of halogens is 1. The summed E-state index contributed by atoms with van der Waals surface area (Å²) in [6, 6.07) is 15.8. The zero-order chi connectivity index (χ0) is 27.6. The molecule has 0 amide bonds. The molecule has 0 fully saturated rings. The minimum Gasteiger partial charge on any atom is -0.497 e. The van der Waals surface area contributed by atoms with Crippen LogP contribution in [0, 0.1) is 5.92 Å². The zero-order valence-corrected chi connectivity index (χ0v) is 23.0. The molecule has 4 rings (SSSR count). The van der Waals surface area contributed by atoms with Gasteiger partial charge in [0.15, 0.2) is 5.60 Å². The number of nitrogens with zero attached hydrogens (tertiary/aromatic N) is 1. The molecule has 1 heterocycles. The summed E-state index contributed by atoms with van der Waals surface area (Å²) in [5.74, 6) is -0.227. The predicted molar refractivity (Wildman–Crippen MR) is 153 cm³/mol. The summed E-state index contributed by atoms with van der Waals surface area (Å²) in [6.45, 7) is 7.54. The SMILES string of the molecule is CC[C@H](C)/C=C(C)/C=C/C1=CC2=C(Cl)C(=O)[C@](C)(O)C(=O)C2=CN1c1ccc(-c2ccc(OC)cc2)cc1. The van der Waals surface area contributed by atoms with Crippen LogP contribution < -0.4 is 9.64 Å². The monoisotopic (exact) mass is 529 g/mol. The summed E-state index contributed by atoms with van der Waals surface area (Å²) in [6.07, 6.45) is 10.6. The fourth-order valence-corrected chi connectivity index (χ4v) is 4.76. The van der Waals surface area contributed by atoms with Crippen LogP contribution in [-0.2, 0) is 9.59 Å². The Morgan fingerprint density at radius 3 is 2.26 bits per heavy atom. The Bertz CT molecular complexity index is 1410. The van der Waals surface area contributed by atoms with Crippen LogP contribution in [0.15, 0.2) is 106 Å². The van der Waals surface area contributed by atoms with Gasteiger partial charge in [-0.25, -0.2) is 0 Å². The summed E-state index contributed by atoms with van der Waals surface area (Å²) < 4.78 is 5.25. The number of ether oxygens (including phenoxy) is 1. The van der Waals surface area contributed by atoms with Gasteiger partial charge in [0, 0.05) is 28.7 Å². The van der Waals surface area contributed by atoms with E-state index in [1.165, 1.54) is 6.92 Å². The van der Waals surface area contributed by atoms with Gasteiger partial charge in [-0.3, -0.25) is 9.59 Å². The smallest absolute Gasteiger partial charge is 0.214 e. The van der Waals surface area contributed by atoms with E-state index in [2.05, 4.69) is 19.9 Å². The van der Waals surface area contributed by atoms with Crippen LogP contribution in [0.4, 0.5) is 5.69 Å². The van der Waals surface area contributed by atoms with Crippen LogP contribution in [0.25, 0.3) is 11.1 Å². The van der Waals surface area contributed by atoms with Crippen molar-refractivity contribution < 1.29 is 19.4 Å². The summed E-state index contributed by atoms with van der Waals surface area (Å²) in [5.41, 5.74) is 3.04. The number of ketones is 2. The Kier molecular flexibility index (Phi) is 7.91. The topological polar surface area (TPSA) is 66.8 Å². The number of Topliss-reactive ketones (excluding diaryl/α,β-unsaturated/α-hetero) is 2. The average Bonchev–Trinajstić information content (AvgIpc) is 2.93. The molecule has 0 saturated carbocycles. The van der Waals surface area contributed by atoms with Gasteiger partial charge in [0.2, 0.25) is 11.6 Å². The van der Waals surface area contributed by atoms with E-state index < -0.39 is 17.2 Å². The molecular weight excluding hydrogens is 498 g/mol. The highest BCUT2D eigenvalue weighted by molar-refractivity contribution is 6.49. The minimum absolute atomic E-state index is 0.145. The number of allylic oxidation sites excluding steroid dienone is 6. The molecule has 5 nitrogen and oxygen atoms in total. The van der Waals surface area contributed by atoms with Gasteiger partial charge in [-0.2, -0.15) is 0 Å². The van der Waals surface area contributed by atoms with E-state index in [0.29, 0.717) is 11.5 Å². The molecule has 1 aliphatic heterocycles. The summed E-state index contributed by atoms with van der Waals surface area (Å²) in [5, 5.41) is 10.5. The number of anilines is 1. The van der Waals surface area contributed by atoms with Gasteiger partial charge in [0.05, 0.1) is 12.1 Å². The quantitative estimate of drug-likeness (QED) is 0.312. The second kappa shape index (κ2) is 11.0. The maximum atomic E-state index is 13.1. The molecule has 2 aliphatic rings.